The second-order valence-electron chi connectivity index (χ2n) is 11.4. The zero-order valence-corrected chi connectivity index (χ0v) is 22.0. The first kappa shape index (κ1) is 31.0. The fraction of sp³-hybridized carbons (Fsp3) is 0.840. The van der Waals surface area contributed by atoms with Crippen molar-refractivity contribution in [1.29, 1.82) is 0 Å². The van der Waals surface area contributed by atoms with Gasteiger partial charge < -0.3 is 21.1 Å². The number of ketones is 2. The van der Waals surface area contributed by atoms with Crippen molar-refractivity contribution >= 4 is 23.5 Å². The molecule has 8 heteroatoms. The van der Waals surface area contributed by atoms with Crippen LogP contribution in [0.2, 0.25) is 0 Å². The summed E-state index contributed by atoms with van der Waals surface area (Å²) in [7, 11) is 0. The first-order chi connectivity index (χ1) is 15.0. The predicted molar refractivity (Wildman–Crippen MR) is 131 cm³/mol. The maximum absolute atomic E-state index is 13.1. The summed E-state index contributed by atoms with van der Waals surface area (Å²) in [5.41, 5.74) is 4.63. The van der Waals surface area contributed by atoms with Crippen LogP contribution in [0, 0.1) is 22.7 Å². The molecule has 0 aromatic rings. The Morgan fingerprint density at radius 2 is 1.58 bits per heavy atom. The number of hydrogen-bond acceptors (Lipinski definition) is 5. The highest BCUT2D eigenvalue weighted by Gasteiger charge is 2.33. The summed E-state index contributed by atoms with van der Waals surface area (Å²) >= 11 is 0. The highest BCUT2D eigenvalue weighted by atomic mass is 16.5. The van der Waals surface area contributed by atoms with Gasteiger partial charge in [0.15, 0.2) is 5.78 Å². The van der Waals surface area contributed by atoms with Crippen molar-refractivity contribution in [3.63, 3.8) is 0 Å². The number of nitrogens with two attached hydrogens (primary N) is 1. The van der Waals surface area contributed by atoms with E-state index in [9.17, 15) is 19.2 Å². The zero-order chi connectivity index (χ0) is 25.8. The molecule has 0 saturated heterocycles. The molecule has 0 unspecified atom stereocenters. The Kier molecular flexibility index (Phi) is 13.5. The maximum atomic E-state index is 13.1. The van der Waals surface area contributed by atoms with Gasteiger partial charge >= 0.3 is 6.03 Å². The summed E-state index contributed by atoms with van der Waals surface area (Å²) < 4.78 is 5.58. The molecule has 33 heavy (non-hydrogen) atoms. The Morgan fingerprint density at radius 3 is 2.06 bits per heavy atom. The normalized spacial score (nSPS) is 14.0. The number of rotatable bonds is 15. The van der Waals surface area contributed by atoms with E-state index < -0.39 is 23.4 Å². The van der Waals surface area contributed by atoms with Crippen LogP contribution >= 0.6 is 0 Å². The van der Waals surface area contributed by atoms with E-state index in [1.807, 2.05) is 13.8 Å². The second kappa shape index (κ2) is 14.3. The van der Waals surface area contributed by atoms with Gasteiger partial charge in [-0.1, -0.05) is 55.4 Å². The highest BCUT2D eigenvalue weighted by Crippen LogP contribution is 2.22. The summed E-state index contributed by atoms with van der Waals surface area (Å²) in [5.74, 6) is -0.985. The van der Waals surface area contributed by atoms with Crippen molar-refractivity contribution < 1.29 is 23.9 Å². The molecule has 0 aromatic carbocycles. The quantitative estimate of drug-likeness (QED) is 0.316. The minimum Gasteiger partial charge on any atom is -0.381 e. The SMILES string of the molecule is CC(C)[C@H](CC(=O)CCOCCC(C)(C)C)C(=O)N[C@@H](CCCNC(N)=O)C(=O)C(C)(C)C. The van der Waals surface area contributed by atoms with Crippen LogP contribution in [0.1, 0.15) is 87.5 Å². The molecule has 0 aliphatic heterocycles. The van der Waals surface area contributed by atoms with Crippen LogP contribution in [0.25, 0.3) is 0 Å². The average molecular weight is 470 g/mol. The molecular weight excluding hydrogens is 422 g/mol. The Bertz CT molecular complexity index is 647. The van der Waals surface area contributed by atoms with Gasteiger partial charge in [-0.3, -0.25) is 14.4 Å². The third kappa shape index (κ3) is 14.7. The van der Waals surface area contributed by atoms with Gasteiger partial charge in [-0.25, -0.2) is 4.79 Å². The fourth-order valence-electron chi connectivity index (χ4n) is 3.23. The average Bonchev–Trinajstić information content (AvgIpc) is 2.65. The van der Waals surface area contributed by atoms with Crippen LogP contribution in [-0.4, -0.2) is 49.3 Å². The van der Waals surface area contributed by atoms with Crippen LogP contribution < -0.4 is 16.4 Å². The van der Waals surface area contributed by atoms with Gasteiger partial charge in [0, 0.05) is 37.3 Å². The number of ether oxygens (including phenoxy) is 1. The molecule has 0 aliphatic rings. The number of carbonyl (C=O) groups excluding carboxylic acids is 4. The Balaban J connectivity index is 4.94. The van der Waals surface area contributed by atoms with Crippen molar-refractivity contribution in [2.45, 2.75) is 93.5 Å². The smallest absolute Gasteiger partial charge is 0.312 e. The molecule has 0 spiro atoms. The topological polar surface area (TPSA) is 128 Å². The second-order valence-corrected chi connectivity index (χ2v) is 11.4. The minimum atomic E-state index is -0.690. The summed E-state index contributed by atoms with van der Waals surface area (Å²) in [5, 5.41) is 5.37. The summed E-state index contributed by atoms with van der Waals surface area (Å²) in [4.78, 5) is 49.3. The Morgan fingerprint density at radius 1 is 0.970 bits per heavy atom. The van der Waals surface area contributed by atoms with E-state index in [-0.39, 0.29) is 41.6 Å². The predicted octanol–water partition coefficient (Wildman–Crippen LogP) is 3.61. The first-order valence-corrected chi connectivity index (χ1v) is 12.0. The number of carbonyl (C=O) groups is 4. The molecule has 0 aromatic heterocycles. The van der Waals surface area contributed by atoms with Crippen LogP contribution in [0.3, 0.4) is 0 Å². The van der Waals surface area contributed by atoms with Crippen molar-refractivity contribution in [3.05, 3.63) is 0 Å². The molecule has 3 amide bonds. The number of Topliss-reactive ketones (excluding diaryl/α,β-unsaturated/α-hetero) is 2. The highest BCUT2D eigenvalue weighted by molar-refractivity contribution is 5.94. The van der Waals surface area contributed by atoms with Crippen LogP contribution in [0.15, 0.2) is 0 Å². The van der Waals surface area contributed by atoms with Gasteiger partial charge in [-0.15, -0.1) is 0 Å². The van der Waals surface area contributed by atoms with Gasteiger partial charge in [0.25, 0.3) is 0 Å². The molecule has 0 rings (SSSR count). The number of hydrogen-bond donors (Lipinski definition) is 3. The van der Waals surface area contributed by atoms with E-state index in [1.165, 1.54) is 0 Å². The van der Waals surface area contributed by atoms with E-state index in [0.29, 0.717) is 32.6 Å². The lowest BCUT2D eigenvalue weighted by molar-refractivity contribution is -0.136. The summed E-state index contributed by atoms with van der Waals surface area (Å²) in [6, 6.07) is -1.32. The molecule has 192 valence electrons. The molecule has 0 saturated carbocycles. The van der Waals surface area contributed by atoms with Gasteiger partial charge in [-0.2, -0.15) is 0 Å². The molecule has 2 atom stereocenters. The molecule has 8 nitrogen and oxygen atoms in total. The van der Waals surface area contributed by atoms with Crippen molar-refractivity contribution in [3.8, 4) is 0 Å². The van der Waals surface area contributed by atoms with Crippen LogP contribution in [-0.2, 0) is 19.1 Å². The van der Waals surface area contributed by atoms with Gasteiger partial charge in [0.2, 0.25) is 5.91 Å². The van der Waals surface area contributed by atoms with E-state index in [2.05, 4.69) is 31.4 Å². The monoisotopic (exact) mass is 469 g/mol. The molecule has 0 radical (unpaired) electrons. The Hall–Kier alpha value is -1.96. The number of urea groups is 1. The Labute approximate surface area is 200 Å². The van der Waals surface area contributed by atoms with Crippen LogP contribution in [0.5, 0.6) is 0 Å². The van der Waals surface area contributed by atoms with E-state index >= 15 is 0 Å². The lowest BCUT2D eigenvalue weighted by Gasteiger charge is -2.28. The van der Waals surface area contributed by atoms with E-state index in [1.54, 1.807) is 20.8 Å². The van der Waals surface area contributed by atoms with Crippen molar-refractivity contribution in [2.75, 3.05) is 19.8 Å². The first-order valence-electron chi connectivity index (χ1n) is 12.0. The van der Waals surface area contributed by atoms with Crippen LogP contribution in [0.4, 0.5) is 4.79 Å². The third-order valence-corrected chi connectivity index (χ3v) is 5.45. The fourth-order valence-corrected chi connectivity index (χ4v) is 3.23. The number of primary amides is 1. The molecule has 0 aliphatic carbocycles. The standard InChI is InChI=1S/C25H47N3O5/c1-17(2)19(16-18(29)11-14-33-15-12-24(3,4)5)22(31)28-20(21(30)25(6,7)8)10-9-13-27-23(26)32/h17,19-20H,9-16H2,1-8H3,(H,28,31)(H3,26,27,32)/t19-,20-/m0/s1. The molecule has 0 bridgehead atoms. The zero-order valence-electron chi connectivity index (χ0n) is 22.0. The van der Waals surface area contributed by atoms with Gasteiger partial charge in [-0.05, 0) is 30.6 Å². The summed E-state index contributed by atoms with van der Waals surface area (Å²) in [6.45, 7) is 16.9. The maximum Gasteiger partial charge on any atom is 0.312 e. The number of amides is 3. The lowest BCUT2D eigenvalue weighted by Crippen LogP contribution is -2.49. The molecule has 0 fully saturated rings. The van der Waals surface area contributed by atoms with E-state index in [0.717, 1.165) is 6.42 Å². The lowest BCUT2D eigenvalue weighted by atomic mass is 9.83. The molecule has 4 N–H and O–H groups in total. The largest absolute Gasteiger partial charge is 0.381 e. The minimum absolute atomic E-state index is 0.0241. The van der Waals surface area contributed by atoms with E-state index in [4.69, 9.17) is 10.5 Å². The third-order valence-electron chi connectivity index (χ3n) is 5.45. The number of nitrogens with one attached hydrogen (secondary N) is 2. The molecular formula is C25H47N3O5. The molecule has 0 heterocycles. The van der Waals surface area contributed by atoms with Gasteiger partial charge in [0.05, 0.1) is 12.6 Å². The van der Waals surface area contributed by atoms with Crippen molar-refractivity contribution in [2.24, 2.45) is 28.4 Å². The van der Waals surface area contributed by atoms with Gasteiger partial charge in [0.1, 0.15) is 5.78 Å². The van der Waals surface area contributed by atoms with Crippen molar-refractivity contribution in [1.82, 2.24) is 10.6 Å². The summed E-state index contributed by atoms with van der Waals surface area (Å²) in [6.07, 6.45) is 2.17.